The van der Waals surface area contributed by atoms with Crippen molar-refractivity contribution in [3.05, 3.63) is 0 Å². The molecule has 0 aromatic carbocycles. The monoisotopic (exact) mass is 257 g/mol. The largest absolute Gasteiger partial charge is 0.319 e. The van der Waals surface area contributed by atoms with E-state index in [1.807, 2.05) is 0 Å². The fourth-order valence-corrected chi connectivity index (χ4v) is 3.04. The van der Waals surface area contributed by atoms with Crippen molar-refractivity contribution in [2.24, 2.45) is 0 Å². The minimum absolute atomic E-state index is 1.10. The summed E-state index contributed by atoms with van der Waals surface area (Å²) in [5, 5.41) is 7.40. The predicted molar refractivity (Wildman–Crippen MR) is 77.0 cm³/mol. The van der Waals surface area contributed by atoms with E-state index in [1.165, 1.54) is 91.1 Å². The van der Waals surface area contributed by atoms with Crippen LogP contribution in [0.3, 0.4) is 0 Å². The molecular weight excluding hydrogens is 231 g/mol. The molecule has 0 saturated heterocycles. The quantitative estimate of drug-likeness (QED) is 0.342. The van der Waals surface area contributed by atoms with Crippen LogP contribution in [0.4, 0.5) is 0 Å². The van der Waals surface area contributed by atoms with E-state index in [0.717, 1.165) is 6.67 Å². The Bertz CT molecular complexity index is 138. The van der Waals surface area contributed by atoms with Gasteiger partial charge in [0.1, 0.15) is 0 Å². The zero-order valence-electron chi connectivity index (χ0n) is 11.1. The van der Waals surface area contributed by atoms with Gasteiger partial charge >= 0.3 is 0 Å². The fraction of sp³-hybridized carbons (Fsp3) is 1.00. The summed E-state index contributed by atoms with van der Waals surface area (Å²) >= 11 is 3.90. The SMILES string of the molecule is CCN(C[CH2][AlH2])CCN([CH2][AlH2])CN[CH2][AlH2]. The molecule has 0 spiro atoms. The van der Waals surface area contributed by atoms with E-state index < -0.39 is 0 Å². The van der Waals surface area contributed by atoms with E-state index >= 15 is 0 Å². The highest BCUT2D eigenvalue weighted by Crippen LogP contribution is 1.92. The van der Waals surface area contributed by atoms with Crippen molar-refractivity contribution in [1.29, 1.82) is 0 Å². The Hall–Kier alpha value is 1.48. The van der Waals surface area contributed by atoms with E-state index in [0.29, 0.717) is 0 Å². The van der Waals surface area contributed by atoms with Crippen LogP contribution in [-0.4, -0.2) is 102 Å². The maximum absolute atomic E-state index is 3.47. The summed E-state index contributed by atoms with van der Waals surface area (Å²) < 4.78 is 0. The van der Waals surface area contributed by atoms with E-state index in [1.54, 1.807) is 0 Å². The highest BCUT2D eigenvalue weighted by atomic mass is 27.1. The maximum Gasteiger partial charge on any atom is 0.234 e. The van der Waals surface area contributed by atoms with Gasteiger partial charge in [-0.1, -0.05) is 23.0 Å². The molecule has 15 heavy (non-hydrogen) atoms. The van der Waals surface area contributed by atoms with E-state index in [2.05, 4.69) is 22.0 Å². The molecule has 0 radical (unpaired) electrons. The van der Waals surface area contributed by atoms with Gasteiger partial charge in [0.15, 0.2) is 0 Å². The first-order valence-corrected chi connectivity index (χ1v) is 10.7. The van der Waals surface area contributed by atoms with Crippen LogP contribution in [0, 0.1) is 0 Å². The van der Waals surface area contributed by atoms with Gasteiger partial charge in [0.25, 0.3) is 0 Å². The van der Waals surface area contributed by atoms with Gasteiger partial charge in [-0.25, -0.2) is 0 Å². The molecule has 0 heterocycles. The summed E-state index contributed by atoms with van der Waals surface area (Å²) in [6, 6.07) is 0. The predicted octanol–water partition coefficient (Wildman–Crippen LogP) is -2.61. The third kappa shape index (κ3) is 9.20. The summed E-state index contributed by atoms with van der Waals surface area (Å²) in [7, 11) is 0. The Morgan fingerprint density at radius 2 is 1.67 bits per heavy atom. The Morgan fingerprint density at radius 1 is 1.00 bits per heavy atom. The van der Waals surface area contributed by atoms with Crippen LogP contribution in [0.1, 0.15) is 6.92 Å². The molecule has 0 aromatic rings. The van der Waals surface area contributed by atoms with Gasteiger partial charge in [0, 0.05) is 19.8 Å². The molecule has 0 aliphatic heterocycles. The van der Waals surface area contributed by atoms with Crippen molar-refractivity contribution in [3.63, 3.8) is 0 Å². The molecule has 0 bridgehead atoms. The summed E-state index contributed by atoms with van der Waals surface area (Å²) in [5.41, 5.74) is 0. The van der Waals surface area contributed by atoms with Gasteiger partial charge in [-0.3, -0.25) is 0 Å². The molecule has 6 heteroatoms. The van der Waals surface area contributed by atoms with Crippen LogP contribution < -0.4 is 5.32 Å². The van der Waals surface area contributed by atoms with Gasteiger partial charge in [0.2, 0.25) is 48.9 Å². The molecule has 0 atom stereocenters. The normalized spacial score (nSPS) is 11.4. The Kier molecular flexibility index (Phi) is 13.1. The Balaban J connectivity index is 3.66. The highest BCUT2D eigenvalue weighted by Gasteiger charge is 2.04. The molecule has 0 fully saturated rings. The third-order valence-electron chi connectivity index (χ3n) is 2.75. The Morgan fingerprint density at radius 3 is 2.13 bits per heavy atom. The minimum Gasteiger partial charge on any atom is -0.319 e. The van der Waals surface area contributed by atoms with Crippen LogP contribution in [-0.2, 0) is 0 Å². The second-order valence-corrected chi connectivity index (χ2v) is 6.25. The van der Waals surface area contributed by atoms with Gasteiger partial charge in [-0.15, -0.1) is 0 Å². The molecule has 0 saturated carbocycles. The van der Waals surface area contributed by atoms with E-state index in [-0.39, 0.29) is 0 Å². The lowest BCUT2D eigenvalue weighted by molar-refractivity contribution is 0.226. The molecular formula is C9H26Al3N3. The molecule has 0 amide bonds. The minimum atomic E-state index is 1.10. The first-order valence-electron chi connectivity index (χ1n) is 6.43. The zero-order valence-corrected chi connectivity index (χ0v) is 17.1. The van der Waals surface area contributed by atoms with Gasteiger partial charge in [-0.2, -0.15) is 0 Å². The van der Waals surface area contributed by atoms with E-state index in [4.69, 9.17) is 0 Å². The van der Waals surface area contributed by atoms with Crippen LogP contribution >= 0.6 is 0 Å². The number of nitrogens with one attached hydrogen (secondary N) is 1. The summed E-state index contributed by atoms with van der Waals surface area (Å²) in [4.78, 5) is 5.14. The van der Waals surface area contributed by atoms with Crippen LogP contribution in [0.2, 0.25) is 5.28 Å². The smallest absolute Gasteiger partial charge is 0.234 e. The summed E-state index contributed by atoms with van der Waals surface area (Å²) in [5.74, 6) is 0. The summed E-state index contributed by atoms with van der Waals surface area (Å²) in [6.45, 7) is 8.40. The molecule has 0 aromatic heterocycles. The Labute approximate surface area is 119 Å². The molecule has 0 aliphatic carbocycles. The number of hydrogen-bond acceptors (Lipinski definition) is 3. The first kappa shape index (κ1) is 16.5. The molecule has 1 N–H and O–H groups in total. The lowest BCUT2D eigenvalue weighted by Gasteiger charge is -2.26. The standard InChI is InChI=1S/C9H20N3.3Al.6H/c1-5-12(6-2)8-7-11(4)9-10-3;;;;;;;;;/h10H,1,3-9H2,2H3;;;;;;;;;. The first-order chi connectivity index (χ1) is 7.28. The molecule has 0 rings (SSSR count). The highest BCUT2D eigenvalue weighted by molar-refractivity contribution is 6.09. The number of likely N-dealkylation sites (N-methyl/N-ethyl adjacent to an activating group) is 1. The van der Waals surface area contributed by atoms with Crippen molar-refractivity contribution < 1.29 is 0 Å². The second kappa shape index (κ2) is 11.9. The van der Waals surface area contributed by atoms with Gasteiger partial charge in [0.05, 0.1) is 0 Å². The van der Waals surface area contributed by atoms with Gasteiger partial charge in [-0.05, 0) is 13.1 Å². The van der Waals surface area contributed by atoms with E-state index in [9.17, 15) is 0 Å². The number of nitrogens with zero attached hydrogens (tertiary/aromatic N) is 2. The molecule has 3 nitrogen and oxygen atoms in total. The average Bonchev–Trinajstić information content (AvgIpc) is 2.27. The van der Waals surface area contributed by atoms with Crippen LogP contribution in [0.25, 0.3) is 0 Å². The lowest BCUT2D eigenvalue weighted by atomic mass is 10.4. The van der Waals surface area contributed by atoms with Crippen molar-refractivity contribution in [2.75, 3.05) is 43.7 Å². The third-order valence-corrected chi connectivity index (χ3v) is 4.59. The zero-order chi connectivity index (χ0) is 11.5. The fourth-order valence-electron chi connectivity index (χ4n) is 1.65. The number of hydrogen-bond donors (Lipinski definition) is 1. The lowest BCUT2D eigenvalue weighted by Crippen LogP contribution is -2.41. The van der Waals surface area contributed by atoms with Crippen molar-refractivity contribution in [3.8, 4) is 0 Å². The molecule has 0 aliphatic rings. The van der Waals surface area contributed by atoms with Crippen molar-refractivity contribution in [2.45, 2.75) is 12.2 Å². The second-order valence-electron chi connectivity index (χ2n) is 3.91. The van der Waals surface area contributed by atoms with Crippen molar-refractivity contribution in [1.82, 2.24) is 15.1 Å². The van der Waals surface area contributed by atoms with Crippen molar-refractivity contribution >= 4 is 48.9 Å². The maximum atomic E-state index is 3.47. The summed E-state index contributed by atoms with van der Waals surface area (Å²) in [6.07, 6.45) is 0. The van der Waals surface area contributed by atoms with Gasteiger partial charge < -0.3 is 15.1 Å². The van der Waals surface area contributed by atoms with Crippen LogP contribution in [0.5, 0.6) is 0 Å². The molecule has 86 valence electrons. The number of rotatable bonds is 10. The van der Waals surface area contributed by atoms with Crippen LogP contribution in [0.15, 0.2) is 0 Å². The average molecular weight is 257 g/mol. The topological polar surface area (TPSA) is 18.5 Å². The molecule has 0 unspecified atom stereocenters.